The average Bonchev–Trinajstić information content (AvgIpc) is 3.05. The van der Waals surface area contributed by atoms with Gasteiger partial charge in [-0.3, -0.25) is 10.2 Å². The second-order valence-corrected chi connectivity index (χ2v) is 7.77. The van der Waals surface area contributed by atoms with E-state index in [9.17, 15) is 19.8 Å². The van der Waals surface area contributed by atoms with E-state index in [2.05, 4.69) is 15.6 Å². The Hall–Kier alpha value is -4.46. The van der Waals surface area contributed by atoms with Gasteiger partial charge in [-0.1, -0.05) is 36.4 Å². The van der Waals surface area contributed by atoms with E-state index >= 15 is 0 Å². The molecule has 0 atom stereocenters. The maximum absolute atomic E-state index is 13.1. The molecule has 166 valence electrons. The first-order valence-electron chi connectivity index (χ1n) is 10.2. The molecule has 4 rings (SSSR count). The molecule has 1 heterocycles. The number of hydrogen-bond donors (Lipinski definition) is 3. The highest BCUT2D eigenvalue weighted by atomic mass is 16.4. The molecule has 3 N–H and O–H groups in total. The molecule has 0 saturated carbocycles. The highest BCUT2D eigenvalue weighted by Gasteiger charge is 2.31. The lowest BCUT2D eigenvalue weighted by Gasteiger charge is -2.14. The van der Waals surface area contributed by atoms with Crippen molar-refractivity contribution in [1.82, 2.24) is 0 Å². The zero-order valence-electron chi connectivity index (χ0n) is 18.3. The smallest absolute Gasteiger partial charge is 0.337 e. The number of carboxylic acids is 1. The molecule has 3 aromatic rings. The standard InChI is InChI=1S/C25H22N4O4/c1-14-11-15(2)13-17(12-14)29-24(31)22(16(3)28-29)26-27-23-19(8-6-9-20(23)25(32)33)18-7-4-5-10-21(18)30/h4-13,27,30H,1-3H3,(H,32,33)/b26-22-. The summed E-state index contributed by atoms with van der Waals surface area (Å²) < 4.78 is 0. The molecule has 0 saturated heterocycles. The normalized spacial score (nSPS) is 14.5. The number of hydrogen-bond acceptors (Lipinski definition) is 6. The predicted molar refractivity (Wildman–Crippen MR) is 128 cm³/mol. The minimum absolute atomic E-state index is 0.00794. The lowest BCUT2D eigenvalue weighted by atomic mass is 9.99. The van der Waals surface area contributed by atoms with Gasteiger partial charge in [-0.25, -0.2) is 4.79 Å². The van der Waals surface area contributed by atoms with Crippen molar-refractivity contribution >= 4 is 34.7 Å². The van der Waals surface area contributed by atoms with Crippen LogP contribution in [-0.2, 0) is 4.79 Å². The molecule has 1 aliphatic heterocycles. The van der Waals surface area contributed by atoms with E-state index in [0.29, 0.717) is 22.5 Å². The third-order valence-corrected chi connectivity index (χ3v) is 5.21. The summed E-state index contributed by atoms with van der Waals surface area (Å²) in [4.78, 5) is 24.9. The van der Waals surface area contributed by atoms with Crippen molar-refractivity contribution in [2.24, 2.45) is 10.2 Å². The SMILES string of the molecule is CC1=NN(c2cc(C)cc(C)c2)C(=O)/C1=N\Nc1c(C(=O)O)cccc1-c1ccccc1O. The number of para-hydroxylation sites is 2. The molecular formula is C25H22N4O4. The van der Waals surface area contributed by atoms with E-state index < -0.39 is 11.9 Å². The van der Waals surface area contributed by atoms with Crippen molar-refractivity contribution in [3.8, 4) is 16.9 Å². The lowest BCUT2D eigenvalue weighted by Crippen LogP contribution is -2.28. The molecular weight excluding hydrogens is 420 g/mol. The van der Waals surface area contributed by atoms with Crippen molar-refractivity contribution < 1.29 is 19.8 Å². The second-order valence-electron chi connectivity index (χ2n) is 7.77. The van der Waals surface area contributed by atoms with Gasteiger partial charge in [0.15, 0.2) is 5.71 Å². The number of aromatic hydroxyl groups is 1. The van der Waals surface area contributed by atoms with Crippen molar-refractivity contribution in [3.63, 3.8) is 0 Å². The topological polar surface area (TPSA) is 115 Å². The first-order chi connectivity index (χ1) is 15.8. The number of rotatable bonds is 5. The van der Waals surface area contributed by atoms with Crippen molar-refractivity contribution in [2.75, 3.05) is 10.4 Å². The fraction of sp³-hybridized carbons (Fsp3) is 0.120. The van der Waals surface area contributed by atoms with Gasteiger partial charge in [-0.05, 0) is 56.2 Å². The Morgan fingerprint density at radius 3 is 2.30 bits per heavy atom. The summed E-state index contributed by atoms with van der Waals surface area (Å²) in [6, 6.07) is 17.0. The van der Waals surface area contributed by atoms with Gasteiger partial charge in [0.1, 0.15) is 5.75 Å². The van der Waals surface area contributed by atoms with E-state index in [1.807, 2.05) is 32.0 Å². The van der Waals surface area contributed by atoms with Crippen LogP contribution >= 0.6 is 0 Å². The third-order valence-electron chi connectivity index (χ3n) is 5.21. The van der Waals surface area contributed by atoms with Gasteiger partial charge in [0.05, 0.1) is 22.6 Å². The van der Waals surface area contributed by atoms with Crippen LogP contribution in [0.3, 0.4) is 0 Å². The van der Waals surface area contributed by atoms with Crippen LogP contribution in [0.1, 0.15) is 28.4 Å². The Labute approximate surface area is 190 Å². The first-order valence-corrected chi connectivity index (χ1v) is 10.2. The van der Waals surface area contributed by atoms with Crippen LogP contribution in [0, 0.1) is 13.8 Å². The van der Waals surface area contributed by atoms with Crippen LogP contribution < -0.4 is 10.4 Å². The Balaban J connectivity index is 1.74. The molecule has 0 aromatic heterocycles. The quantitative estimate of drug-likeness (QED) is 0.501. The van der Waals surface area contributed by atoms with Crippen LogP contribution in [0.15, 0.2) is 70.9 Å². The lowest BCUT2D eigenvalue weighted by molar-refractivity contribution is -0.112. The number of phenolic OH excluding ortho intramolecular Hbond substituents is 1. The Bertz CT molecular complexity index is 1320. The zero-order chi connectivity index (χ0) is 23.7. The summed E-state index contributed by atoms with van der Waals surface area (Å²) in [7, 11) is 0. The molecule has 1 aliphatic rings. The number of benzene rings is 3. The number of carbonyl (C=O) groups excluding carboxylic acids is 1. The number of anilines is 2. The van der Waals surface area contributed by atoms with Gasteiger partial charge in [-0.15, -0.1) is 0 Å². The largest absolute Gasteiger partial charge is 0.507 e. The van der Waals surface area contributed by atoms with Crippen molar-refractivity contribution in [2.45, 2.75) is 20.8 Å². The number of aromatic carboxylic acids is 1. The third kappa shape index (κ3) is 4.18. The van der Waals surface area contributed by atoms with E-state index in [1.165, 1.54) is 17.1 Å². The van der Waals surface area contributed by atoms with E-state index in [4.69, 9.17) is 0 Å². The van der Waals surface area contributed by atoms with Crippen LogP contribution in [0.25, 0.3) is 11.1 Å². The minimum atomic E-state index is -1.17. The van der Waals surface area contributed by atoms with Gasteiger partial charge in [0.25, 0.3) is 0 Å². The summed E-state index contributed by atoms with van der Waals surface area (Å²) in [6.07, 6.45) is 0. The minimum Gasteiger partial charge on any atom is -0.507 e. The molecule has 8 heteroatoms. The highest BCUT2D eigenvalue weighted by molar-refractivity contribution is 6.71. The molecule has 3 aromatic carbocycles. The molecule has 8 nitrogen and oxygen atoms in total. The molecule has 33 heavy (non-hydrogen) atoms. The molecule has 0 fully saturated rings. The summed E-state index contributed by atoms with van der Waals surface area (Å²) in [5.74, 6) is -1.61. The molecule has 0 aliphatic carbocycles. The Morgan fingerprint density at radius 2 is 1.64 bits per heavy atom. The van der Waals surface area contributed by atoms with Crippen LogP contribution in [0.5, 0.6) is 5.75 Å². The van der Waals surface area contributed by atoms with Gasteiger partial charge in [-0.2, -0.15) is 15.2 Å². The molecule has 1 amide bonds. The summed E-state index contributed by atoms with van der Waals surface area (Å²) in [5, 5.41) is 29.8. The Kier molecular flexibility index (Phi) is 5.66. The average molecular weight is 442 g/mol. The number of nitrogens with zero attached hydrogens (tertiary/aromatic N) is 3. The van der Waals surface area contributed by atoms with E-state index in [1.54, 1.807) is 37.3 Å². The second kappa shape index (κ2) is 8.58. The van der Waals surface area contributed by atoms with Gasteiger partial charge >= 0.3 is 11.9 Å². The number of carbonyl (C=O) groups is 2. The number of hydrazone groups is 2. The summed E-state index contributed by atoms with van der Waals surface area (Å²) in [5.41, 5.74) is 6.81. The zero-order valence-corrected chi connectivity index (χ0v) is 18.3. The molecule has 0 bridgehead atoms. The van der Waals surface area contributed by atoms with Crippen molar-refractivity contribution in [1.29, 1.82) is 0 Å². The number of nitrogens with one attached hydrogen (secondary N) is 1. The molecule has 0 spiro atoms. The fourth-order valence-corrected chi connectivity index (χ4v) is 3.76. The van der Waals surface area contributed by atoms with Gasteiger partial charge in [0, 0.05) is 11.1 Å². The molecule has 0 radical (unpaired) electrons. The van der Waals surface area contributed by atoms with Crippen LogP contribution in [-0.4, -0.2) is 33.5 Å². The highest BCUT2D eigenvalue weighted by Crippen LogP contribution is 2.36. The first kappa shape index (κ1) is 21.8. The van der Waals surface area contributed by atoms with Crippen molar-refractivity contribution in [3.05, 3.63) is 77.4 Å². The number of phenols is 1. The van der Waals surface area contributed by atoms with E-state index in [0.717, 1.165) is 11.1 Å². The molecule has 0 unspecified atom stereocenters. The summed E-state index contributed by atoms with van der Waals surface area (Å²) in [6.45, 7) is 5.54. The van der Waals surface area contributed by atoms with E-state index in [-0.39, 0.29) is 22.7 Å². The van der Waals surface area contributed by atoms with Crippen LogP contribution in [0.2, 0.25) is 0 Å². The predicted octanol–water partition coefficient (Wildman–Crippen LogP) is 4.56. The van der Waals surface area contributed by atoms with Gasteiger partial charge in [0.2, 0.25) is 0 Å². The maximum Gasteiger partial charge on any atom is 0.337 e. The number of amides is 1. The Morgan fingerprint density at radius 1 is 0.970 bits per heavy atom. The number of aryl methyl sites for hydroxylation is 2. The summed E-state index contributed by atoms with van der Waals surface area (Å²) >= 11 is 0. The van der Waals surface area contributed by atoms with Crippen LogP contribution in [0.4, 0.5) is 11.4 Å². The number of carboxylic acid groups (broad SMARTS) is 1. The monoisotopic (exact) mass is 442 g/mol. The van der Waals surface area contributed by atoms with Gasteiger partial charge < -0.3 is 10.2 Å². The maximum atomic E-state index is 13.1. The fourth-order valence-electron chi connectivity index (χ4n) is 3.76.